The van der Waals surface area contributed by atoms with Crippen LogP contribution >= 0.6 is 0 Å². The summed E-state index contributed by atoms with van der Waals surface area (Å²) in [6, 6.07) is 19.9. The predicted octanol–water partition coefficient (Wildman–Crippen LogP) is 4.25. The van der Waals surface area contributed by atoms with Crippen LogP contribution in [-0.4, -0.2) is 39.0 Å². The van der Waals surface area contributed by atoms with Gasteiger partial charge in [0.25, 0.3) is 15.9 Å². The molecule has 0 unspecified atom stereocenters. The molecule has 4 aromatic rings. The Kier molecular flexibility index (Phi) is 5.78. The molecule has 0 radical (unpaired) electrons. The van der Waals surface area contributed by atoms with Gasteiger partial charge in [0.2, 0.25) is 0 Å². The Bertz CT molecular complexity index is 1450. The van der Waals surface area contributed by atoms with Gasteiger partial charge < -0.3 is 4.74 Å². The summed E-state index contributed by atoms with van der Waals surface area (Å²) in [6.07, 6.45) is 1.46. The molecule has 0 atom stereocenters. The molecule has 3 aromatic carbocycles. The number of carbonyl (C=O) groups is 2. The fourth-order valence-corrected chi connectivity index (χ4v) is 4.78. The number of ether oxygens (including phenoxy) is 1. The Morgan fingerprint density at radius 2 is 1.55 bits per heavy atom. The second-order valence-electron chi connectivity index (χ2n) is 7.56. The van der Waals surface area contributed by atoms with Crippen molar-refractivity contribution in [2.24, 2.45) is 0 Å². The van der Waals surface area contributed by atoms with E-state index in [4.69, 9.17) is 4.74 Å². The molecule has 7 nitrogen and oxygen atoms in total. The molecule has 33 heavy (non-hydrogen) atoms. The van der Waals surface area contributed by atoms with Crippen molar-refractivity contribution in [2.45, 2.75) is 11.8 Å². The van der Waals surface area contributed by atoms with E-state index < -0.39 is 16.0 Å². The molecule has 168 valence electrons. The number of fused-ring (bicyclic) bond motifs is 1. The lowest BCUT2D eigenvalue weighted by Crippen LogP contribution is -2.26. The van der Waals surface area contributed by atoms with Crippen molar-refractivity contribution in [2.75, 3.05) is 18.5 Å². The number of para-hydroxylation sites is 1. The van der Waals surface area contributed by atoms with Gasteiger partial charge in [0.05, 0.1) is 28.8 Å². The van der Waals surface area contributed by atoms with Crippen LogP contribution in [0.2, 0.25) is 0 Å². The summed E-state index contributed by atoms with van der Waals surface area (Å²) in [7, 11) is -0.986. The van der Waals surface area contributed by atoms with E-state index in [1.165, 1.54) is 29.2 Å². The predicted molar refractivity (Wildman–Crippen MR) is 126 cm³/mol. The Balaban J connectivity index is 1.66. The molecule has 0 bridgehead atoms. The number of benzene rings is 3. The summed E-state index contributed by atoms with van der Waals surface area (Å²) in [4.78, 5) is 25.5. The third-order valence-corrected chi connectivity index (χ3v) is 7.29. The van der Waals surface area contributed by atoms with E-state index in [0.717, 1.165) is 5.56 Å². The summed E-state index contributed by atoms with van der Waals surface area (Å²) >= 11 is 0. The van der Waals surface area contributed by atoms with Crippen LogP contribution in [0.25, 0.3) is 10.9 Å². The third-order valence-electron chi connectivity index (χ3n) is 5.49. The Labute approximate surface area is 191 Å². The first-order valence-electron chi connectivity index (χ1n) is 10.1. The highest BCUT2D eigenvalue weighted by molar-refractivity contribution is 7.92. The smallest absolute Gasteiger partial charge is 0.340 e. The number of sulfonamides is 1. The number of hydrogen-bond acceptors (Lipinski definition) is 5. The molecule has 0 spiro atoms. The topological polar surface area (TPSA) is 85.7 Å². The number of aromatic nitrogens is 1. The van der Waals surface area contributed by atoms with Gasteiger partial charge in [-0.25, -0.2) is 13.2 Å². The van der Waals surface area contributed by atoms with Crippen molar-refractivity contribution in [3.8, 4) is 0 Å². The maximum Gasteiger partial charge on any atom is 0.340 e. The molecule has 0 aliphatic rings. The summed E-state index contributed by atoms with van der Waals surface area (Å²) in [5, 5.41) is 0.609. The highest BCUT2D eigenvalue weighted by atomic mass is 32.2. The largest absolute Gasteiger partial charge is 0.465 e. The number of aryl methyl sites for hydroxylation is 1. The minimum Gasteiger partial charge on any atom is -0.465 e. The normalized spacial score (nSPS) is 11.4. The van der Waals surface area contributed by atoms with Crippen LogP contribution in [0.1, 0.15) is 26.3 Å². The quantitative estimate of drug-likeness (QED) is 0.414. The molecule has 4 rings (SSSR count). The molecule has 0 fully saturated rings. The van der Waals surface area contributed by atoms with E-state index in [-0.39, 0.29) is 10.8 Å². The highest BCUT2D eigenvalue weighted by Gasteiger charge is 2.22. The van der Waals surface area contributed by atoms with E-state index in [1.54, 1.807) is 72.8 Å². The van der Waals surface area contributed by atoms with Crippen LogP contribution in [0.3, 0.4) is 0 Å². The molecule has 0 N–H and O–H groups in total. The molecule has 8 heteroatoms. The van der Waals surface area contributed by atoms with E-state index in [9.17, 15) is 18.0 Å². The third kappa shape index (κ3) is 4.01. The van der Waals surface area contributed by atoms with Gasteiger partial charge in [-0.3, -0.25) is 13.7 Å². The van der Waals surface area contributed by atoms with Gasteiger partial charge >= 0.3 is 5.97 Å². The van der Waals surface area contributed by atoms with E-state index in [1.807, 2.05) is 6.92 Å². The highest BCUT2D eigenvalue weighted by Crippen LogP contribution is 2.25. The van der Waals surface area contributed by atoms with Crippen molar-refractivity contribution in [3.05, 3.63) is 95.7 Å². The van der Waals surface area contributed by atoms with Crippen molar-refractivity contribution in [1.82, 2.24) is 4.57 Å². The van der Waals surface area contributed by atoms with Gasteiger partial charge in [-0.05, 0) is 49.4 Å². The number of rotatable bonds is 5. The number of nitrogens with zero attached hydrogens (tertiary/aromatic N) is 2. The maximum absolute atomic E-state index is 13.2. The van der Waals surface area contributed by atoms with Crippen LogP contribution in [0.4, 0.5) is 5.69 Å². The Hall–Kier alpha value is -3.91. The minimum atomic E-state index is -3.74. The van der Waals surface area contributed by atoms with Crippen LogP contribution in [-0.2, 0) is 14.8 Å². The molecule has 1 heterocycles. The number of hydrogen-bond donors (Lipinski definition) is 0. The molecular formula is C25H22N2O5S. The Morgan fingerprint density at radius 3 is 2.18 bits per heavy atom. The second kappa shape index (κ2) is 8.55. The first-order chi connectivity index (χ1) is 15.7. The second-order valence-corrected chi connectivity index (χ2v) is 9.53. The lowest BCUT2D eigenvalue weighted by atomic mass is 10.2. The first kappa shape index (κ1) is 22.3. The number of anilines is 1. The summed E-state index contributed by atoms with van der Waals surface area (Å²) in [5.41, 5.74) is 2.59. The summed E-state index contributed by atoms with van der Waals surface area (Å²) < 4.78 is 33.3. The molecular weight excluding hydrogens is 440 g/mol. The molecule has 0 amide bonds. The number of esters is 1. The SMILES string of the molecule is COC(=O)c1cn(C(=O)c2ccc(N(C)S(=O)(=O)c3ccc(C)cc3)cc2)c2ccccc12. The van der Waals surface area contributed by atoms with Crippen LogP contribution in [0.15, 0.2) is 83.9 Å². The maximum atomic E-state index is 13.2. The van der Waals surface area contributed by atoms with E-state index in [0.29, 0.717) is 27.7 Å². The standard InChI is InChI=1S/C25H22N2O5S/c1-17-8-14-20(15-9-17)33(30,31)26(2)19-12-10-18(11-13-19)24(28)27-16-22(25(29)32-3)21-6-4-5-7-23(21)27/h4-16H,1-3H3. The van der Waals surface area contributed by atoms with E-state index in [2.05, 4.69) is 0 Å². The number of carbonyl (C=O) groups excluding carboxylic acids is 2. The van der Waals surface area contributed by atoms with Crippen LogP contribution in [0, 0.1) is 6.92 Å². The summed E-state index contributed by atoms with van der Waals surface area (Å²) in [6.45, 7) is 1.89. The van der Waals surface area contributed by atoms with Gasteiger partial charge in [0.1, 0.15) is 0 Å². The van der Waals surface area contributed by atoms with Crippen molar-refractivity contribution in [1.29, 1.82) is 0 Å². The average molecular weight is 463 g/mol. The minimum absolute atomic E-state index is 0.185. The molecule has 0 aliphatic carbocycles. The number of methoxy groups -OCH3 is 1. The zero-order valence-corrected chi connectivity index (χ0v) is 19.2. The van der Waals surface area contributed by atoms with Gasteiger partial charge in [-0.2, -0.15) is 0 Å². The van der Waals surface area contributed by atoms with Crippen molar-refractivity contribution in [3.63, 3.8) is 0 Å². The van der Waals surface area contributed by atoms with Gasteiger partial charge in [-0.1, -0.05) is 35.9 Å². The average Bonchev–Trinajstić information content (AvgIpc) is 3.23. The van der Waals surface area contributed by atoms with E-state index >= 15 is 0 Å². The molecule has 1 aromatic heterocycles. The van der Waals surface area contributed by atoms with Crippen molar-refractivity contribution < 1.29 is 22.7 Å². The van der Waals surface area contributed by atoms with Gasteiger partial charge in [0, 0.05) is 24.2 Å². The summed E-state index contributed by atoms with van der Waals surface area (Å²) in [5.74, 6) is -0.881. The van der Waals surface area contributed by atoms with Gasteiger partial charge in [-0.15, -0.1) is 0 Å². The van der Waals surface area contributed by atoms with Crippen LogP contribution in [0.5, 0.6) is 0 Å². The zero-order valence-electron chi connectivity index (χ0n) is 18.3. The molecule has 0 aliphatic heterocycles. The van der Waals surface area contributed by atoms with Gasteiger partial charge in [0.15, 0.2) is 0 Å². The monoisotopic (exact) mass is 462 g/mol. The molecule has 0 saturated heterocycles. The van der Waals surface area contributed by atoms with Crippen LogP contribution < -0.4 is 4.31 Å². The fraction of sp³-hybridized carbons (Fsp3) is 0.120. The fourth-order valence-electron chi connectivity index (χ4n) is 3.58. The van der Waals surface area contributed by atoms with Crippen molar-refractivity contribution >= 4 is 38.5 Å². The lowest BCUT2D eigenvalue weighted by molar-refractivity contribution is 0.0603. The Morgan fingerprint density at radius 1 is 0.909 bits per heavy atom. The zero-order chi connectivity index (χ0) is 23.8. The molecule has 0 saturated carbocycles. The first-order valence-corrected chi connectivity index (χ1v) is 11.6. The lowest BCUT2D eigenvalue weighted by Gasteiger charge is -2.20.